The van der Waals surface area contributed by atoms with Gasteiger partial charge in [0.1, 0.15) is 6.10 Å². The van der Waals surface area contributed by atoms with Gasteiger partial charge in [-0.3, -0.25) is 0 Å². The van der Waals surface area contributed by atoms with Crippen LogP contribution in [0.4, 0.5) is 0 Å². The van der Waals surface area contributed by atoms with Gasteiger partial charge in [-0.25, -0.2) is 0 Å². The van der Waals surface area contributed by atoms with Gasteiger partial charge in [-0.1, -0.05) is 43.7 Å². The third-order valence-electron chi connectivity index (χ3n) is 2.71. The molecule has 1 saturated heterocycles. The lowest BCUT2D eigenvalue weighted by molar-refractivity contribution is -0.0635. The first-order chi connectivity index (χ1) is 7.40. The van der Waals surface area contributed by atoms with Gasteiger partial charge in [0, 0.05) is 0 Å². The molecule has 0 aliphatic carbocycles. The first-order valence-electron chi connectivity index (χ1n) is 5.72. The van der Waals surface area contributed by atoms with Crippen LogP contribution in [0, 0.1) is 0 Å². The first kappa shape index (κ1) is 10.7. The molecule has 0 saturated carbocycles. The van der Waals surface area contributed by atoms with Crippen molar-refractivity contribution in [2.45, 2.75) is 38.6 Å². The maximum atomic E-state index is 5.83. The molecular formula is C13H18O2. The highest BCUT2D eigenvalue weighted by Crippen LogP contribution is 2.28. The molecule has 15 heavy (non-hydrogen) atoms. The fourth-order valence-electron chi connectivity index (χ4n) is 1.82. The molecule has 2 heteroatoms. The van der Waals surface area contributed by atoms with Crippen LogP contribution < -0.4 is 0 Å². The highest BCUT2D eigenvalue weighted by molar-refractivity contribution is 5.18. The van der Waals surface area contributed by atoms with Gasteiger partial charge >= 0.3 is 0 Å². The van der Waals surface area contributed by atoms with Gasteiger partial charge < -0.3 is 9.47 Å². The quantitative estimate of drug-likeness (QED) is 0.752. The van der Waals surface area contributed by atoms with Crippen LogP contribution in [0.5, 0.6) is 0 Å². The van der Waals surface area contributed by atoms with Gasteiger partial charge in [-0.15, -0.1) is 0 Å². The molecule has 1 aliphatic heterocycles. The molecule has 1 aromatic rings. The number of hydrogen-bond acceptors (Lipinski definition) is 2. The Balaban J connectivity index is 1.87. The van der Waals surface area contributed by atoms with Gasteiger partial charge in [-0.2, -0.15) is 0 Å². The van der Waals surface area contributed by atoms with Crippen molar-refractivity contribution in [1.82, 2.24) is 0 Å². The Hall–Kier alpha value is -0.860. The molecule has 2 atom stereocenters. The van der Waals surface area contributed by atoms with Crippen LogP contribution >= 0.6 is 0 Å². The number of rotatable bonds is 4. The Morgan fingerprint density at radius 2 is 2.07 bits per heavy atom. The minimum Gasteiger partial charge on any atom is -0.350 e. The van der Waals surface area contributed by atoms with Crippen molar-refractivity contribution < 1.29 is 9.47 Å². The molecular weight excluding hydrogens is 188 g/mol. The van der Waals surface area contributed by atoms with Crippen LogP contribution in [0.1, 0.15) is 37.9 Å². The third-order valence-corrected chi connectivity index (χ3v) is 2.71. The molecule has 1 aromatic carbocycles. The predicted octanol–water partition coefficient (Wildman–Crippen LogP) is 3.29. The second-order valence-corrected chi connectivity index (χ2v) is 3.94. The summed E-state index contributed by atoms with van der Waals surface area (Å²) in [6, 6.07) is 10.3. The zero-order chi connectivity index (χ0) is 10.5. The molecule has 2 nitrogen and oxygen atoms in total. The van der Waals surface area contributed by atoms with Crippen LogP contribution in [0.2, 0.25) is 0 Å². The van der Waals surface area contributed by atoms with Crippen LogP contribution in [0.3, 0.4) is 0 Å². The summed E-state index contributed by atoms with van der Waals surface area (Å²) in [6.07, 6.45) is 3.52. The second kappa shape index (κ2) is 5.29. The van der Waals surface area contributed by atoms with E-state index in [0.29, 0.717) is 6.61 Å². The molecule has 0 amide bonds. The topological polar surface area (TPSA) is 18.5 Å². The van der Waals surface area contributed by atoms with E-state index in [-0.39, 0.29) is 12.4 Å². The standard InChI is InChI=1S/C13H18O2/c1-2-3-9-13-14-10-12(15-13)11-7-5-4-6-8-11/h4-8,12-13H,2-3,9-10H2,1H3/t12-,13-/m1/s1. The van der Waals surface area contributed by atoms with Crippen molar-refractivity contribution in [1.29, 1.82) is 0 Å². The average molecular weight is 206 g/mol. The first-order valence-corrected chi connectivity index (χ1v) is 5.72. The number of ether oxygens (including phenoxy) is 2. The third kappa shape index (κ3) is 2.80. The zero-order valence-electron chi connectivity index (χ0n) is 9.19. The number of hydrogen-bond donors (Lipinski definition) is 0. The Morgan fingerprint density at radius 3 is 2.80 bits per heavy atom. The molecule has 82 valence electrons. The van der Waals surface area contributed by atoms with E-state index in [0.717, 1.165) is 6.42 Å². The van der Waals surface area contributed by atoms with Crippen molar-refractivity contribution in [3.8, 4) is 0 Å². The van der Waals surface area contributed by atoms with Crippen molar-refractivity contribution in [2.24, 2.45) is 0 Å². The highest BCUT2D eigenvalue weighted by atomic mass is 16.7. The second-order valence-electron chi connectivity index (χ2n) is 3.94. The van der Waals surface area contributed by atoms with Gasteiger partial charge in [-0.05, 0) is 18.4 Å². The summed E-state index contributed by atoms with van der Waals surface area (Å²) in [6.45, 7) is 2.88. The summed E-state index contributed by atoms with van der Waals surface area (Å²) in [4.78, 5) is 0. The van der Waals surface area contributed by atoms with Crippen molar-refractivity contribution in [3.05, 3.63) is 35.9 Å². The maximum Gasteiger partial charge on any atom is 0.158 e. The van der Waals surface area contributed by atoms with E-state index in [2.05, 4.69) is 19.1 Å². The largest absolute Gasteiger partial charge is 0.350 e. The maximum absolute atomic E-state index is 5.83. The summed E-state index contributed by atoms with van der Waals surface area (Å²) < 4.78 is 11.4. The Morgan fingerprint density at radius 1 is 1.27 bits per heavy atom. The van der Waals surface area contributed by atoms with E-state index in [9.17, 15) is 0 Å². The number of benzene rings is 1. The lowest BCUT2D eigenvalue weighted by atomic mass is 10.1. The minimum absolute atomic E-state index is 0.00940. The molecule has 2 rings (SSSR count). The monoisotopic (exact) mass is 206 g/mol. The van der Waals surface area contributed by atoms with E-state index in [4.69, 9.17) is 9.47 Å². The van der Waals surface area contributed by atoms with Gasteiger partial charge in [0.25, 0.3) is 0 Å². The number of unbranched alkanes of at least 4 members (excludes halogenated alkanes) is 1. The minimum atomic E-state index is 0.00940. The SMILES string of the molecule is CCCC[C@@H]1OC[C@H](c2ccccc2)O1. The Labute approximate surface area is 91.2 Å². The summed E-state index contributed by atoms with van der Waals surface area (Å²) in [5.74, 6) is 0. The molecule has 0 aromatic heterocycles. The lowest BCUT2D eigenvalue weighted by Gasteiger charge is -2.10. The fourth-order valence-corrected chi connectivity index (χ4v) is 1.82. The van der Waals surface area contributed by atoms with Crippen molar-refractivity contribution in [2.75, 3.05) is 6.61 Å². The van der Waals surface area contributed by atoms with Crippen molar-refractivity contribution in [3.63, 3.8) is 0 Å². The van der Waals surface area contributed by atoms with Gasteiger partial charge in [0.2, 0.25) is 0 Å². The van der Waals surface area contributed by atoms with Crippen LogP contribution in [-0.2, 0) is 9.47 Å². The van der Waals surface area contributed by atoms with E-state index in [1.807, 2.05) is 18.2 Å². The summed E-state index contributed by atoms with van der Waals surface area (Å²) >= 11 is 0. The average Bonchev–Trinajstić information content (AvgIpc) is 2.76. The molecule has 0 N–H and O–H groups in total. The van der Waals surface area contributed by atoms with E-state index in [1.165, 1.54) is 18.4 Å². The lowest BCUT2D eigenvalue weighted by Crippen LogP contribution is -2.07. The molecule has 0 bridgehead atoms. The summed E-state index contributed by atoms with van der Waals surface area (Å²) in [5.41, 5.74) is 1.22. The van der Waals surface area contributed by atoms with Crippen LogP contribution in [-0.4, -0.2) is 12.9 Å². The molecule has 0 radical (unpaired) electrons. The van der Waals surface area contributed by atoms with Crippen LogP contribution in [0.15, 0.2) is 30.3 Å². The molecule has 1 fully saturated rings. The highest BCUT2D eigenvalue weighted by Gasteiger charge is 2.26. The van der Waals surface area contributed by atoms with Gasteiger partial charge in [0.05, 0.1) is 6.61 Å². The molecule has 1 aliphatic rings. The van der Waals surface area contributed by atoms with E-state index in [1.54, 1.807) is 0 Å². The fraction of sp³-hybridized carbons (Fsp3) is 0.538. The summed E-state index contributed by atoms with van der Waals surface area (Å²) in [7, 11) is 0. The zero-order valence-corrected chi connectivity index (χ0v) is 9.19. The van der Waals surface area contributed by atoms with E-state index < -0.39 is 0 Å². The normalized spacial score (nSPS) is 25.7. The smallest absolute Gasteiger partial charge is 0.158 e. The van der Waals surface area contributed by atoms with Gasteiger partial charge in [0.15, 0.2) is 6.29 Å². The van der Waals surface area contributed by atoms with Crippen molar-refractivity contribution >= 4 is 0 Å². The molecule has 0 unspecified atom stereocenters. The molecule has 0 spiro atoms. The Kier molecular flexibility index (Phi) is 3.75. The predicted molar refractivity (Wildman–Crippen MR) is 59.5 cm³/mol. The van der Waals surface area contributed by atoms with E-state index >= 15 is 0 Å². The van der Waals surface area contributed by atoms with Crippen LogP contribution in [0.25, 0.3) is 0 Å². The Bertz CT molecular complexity index is 284. The molecule has 1 heterocycles. The summed E-state index contributed by atoms with van der Waals surface area (Å²) in [5, 5.41) is 0.